The van der Waals surface area contributed by atoms with Crippen LogP contribution in [-0.2, 0) is 4.79 Å². The molecular formula is C29H35ClN4O4. The van der Waals surface area contributed by atoms with Crippen molar-refractivity contribution in [3.63, 3.8) is 0 Å². The van der Waals surface area contributed by atoms with E-state index in [0.717, 1.165) is 25.7 Å². The zero-order chi connectivity index (χ0) is 26.6. The predicted molar refractivity (Wildman–Crippen MR) is 147 cm³/mol. The van der Waals surface area contributed by atoms with Crippen LogP contribution in [0.25, 0.3) is 0 Å². The molecule has 1 aromatic carbocycles. The molecule has 0 radical (unpaired) electrons. The molecule has 38 heavy (non-hydrogen) atoms. The van der Waals surface area contributed by atoms with E-state index in [-0.39, 0.29) is 29.6 Å². The third kappa shape index (κ3) is 6.72. The molecule has 2 aliphatic heterocycles. The molecule has 9 heteroatoms. The fourth-order valence-corrected chi connectivity index (χ4v) is 5.51. The number of rotatable bonds is 8. The van der Waals surface area contributed by atoms with Crippen LogP contribution in [0.5, 0.6) is 0 Å². The molecular weight excluding hydrogens is 504 g/mol. The summed E-state index contributed by atoms with van der Waals surface area (Å²) in [5, 5.41) is 13.2. The lowest BCUT2D eigenvalue weighted by atomic mass is 9.92. The van der Waals surface area contributed by atoms with Crippen LogP contribution in [0.15, 0.2) is 36.5 Å². The highest BCUT2D eigenvalue weighted by molar-refractivity contribution is 6.31. The molecule has 2 N–H and O–H groups in total. The summed E-state index contributed by atoms with van der Waals surface area (Å²) in [5.74, 6) is 1.29. The lowest BCUT2D eigenvalue weighted by Gasteiger charge is -2.35. The van der Waals surface area contributed by atoms with E-state index in [1.54, 1.807) is 36.5 Å². The van der Waals surface area contributed by atoms with Crippen molar-refractivity contribution in [2.45, 2.75) is 57.5 Å². The Kier molecular flexibility index (Phi) is 8.29. The molecule has 202 valence electrons. The number of carbonyl (C=O) groups is 3. The maximum Gasteiger partial charge on any atom is 0.255 e. The van der Waals surface area contributed by atoms with Crippen molar-refractivity contribution in [1.29, 1.82) is 0 Å². The molecule has 5 rings (SSSR count). The van der Waals surface area contributed by atoms with Crippen LogP contribution < -0.4 is 10.2 Å². The van der Waals surface area contributed by atoms with E-state index in [2.05, 4.69) is 15.2 Å². The Morgan fingerprint density at radius 2 is 1.63 bits per heavy atom. The minimum absolute atomic E-state index is 0.0484. The fraction of sp³-hybridized carbons (Fsp3) is 0.517. The summed E-state index contributed by atoms with van der Waals surface area (Å²) in [5.41, 5.74) is 1.45. The molecule has 0 spiro atoms. The first-order valence-corrected chi connectivity index (χ1v) is 14.0. The number of piperidine rings is 2. The second kappa shape index (κ2) is 11.8. The van der Waals surface area contributed by atoms with Gasteiger partial charge < -0.3 is 20.2 Å². The molecule has 1 aliphatic carbocycles. The predicted octanol–water partition coefficient (Wildman–Crippen LogP) is 4.56. The van der Waals surface area contributed by atoms with E-state index in [4.69, 9.17) is 11.6 Å². The molecule has 8 nitrogen and oxygen atoms in total. The van der Waals surface area contributed by atoms with Gasteiger partial charge in [-0.25, -0.2) is 4.98 Å². The first-order chi connectivity index (χ1) is 18.4. The van der Waals surface area contributed by atoms with Gasteiger partial charge in [0.25, 0.3) is 5.91 Å². The molecule has 3 fully saturated rings. The SMILES string of the molecule is O=C(CC1CC1)c1cnc(N2CCC(CC(=O)N3CCC(O)CC3)CC2)c(NC(=O)c2cccc(Cl)c2)c1. The molecule has 2 amide bonds. The number of amides is 2. The van der Waals surface area contributed by atoms with Crippen LogP contribution in [0.3, 0.4) is 0 Å². The Bertz CT molecular complexity index is 1180. The number of hydrogen-bond donors (Lipinski definition) is 2. The molecule has 2 saturated heterocycles. The summed E-state index contributed by atoms with van der Waals surface area (Å²) in [4.78, 5) is 47.3. The topological polar surface area (TPSA) is 103 Å². The van der Waals surface area contributed by atoms with Gasteiger partial charge in [-0.3, -0.25) is 14.4 Å². The molecule has 3 heterocycles. The number of Topliss-reactive ketones (excluding diaryl/α,β-unsaturated/α-hetero) is 1. The zero-order valence-electron chi connectivity index (χ0n) is 21.6. The van der Waals surface area contributed by atoms with E-state index < -0.39 is 0 Å². The highest BCUT2D eigenvalue weighted by Gasteiger charge is 2.29. The summed E-state index contributed by atoms with van der Waals surface area (Å²) in [6.07, 6.45) is 7.52. The van der Waals surface area contributed by atoms with Gasteiger partial charge in [-0.1, -0.05) is 17.7 Å². The minimum Gasteiger partial charge on any atom is -0.393 e. The van der Waals surface area contributed by atoms with Crippen molar-refractivity contribution in [3.05, 3.63) is 52.7 Å². The molecule has 0 unspecified atom stereocenters. The molecule has 1 saturated carbocycles. The van der Waals surface area contributed by atoms with Gasteiger partial charge in [-0.15, -0.1) is 0 Å². The van der Waals surface area contributed by atoms with Crippen molar-refractivity contribution in [3.8, 4) is 0 Å². The number of ketones is 1. The second-order valence-electron chi connectivity index (χ2n) is 10.9. The summed E-state index contributed by atoms with van der Waals surface area (Å²) >= 11 is 6.09. The summed E-state index contributed by atoms with van der Waals surface area (Å²) in [7, 11) is 0. The smallest absolute Gasteiger partial charge is 0.255 e. The number of aromatic nitrogens is 1. The lowest BCUT2D eigenvalue weighted by Crippen LogP contribution is -2.42. The van der Waals surface area contributed by atoms with Crippen LogP contribution in [0.2, 0.25) is 5.02 Å². The summed E-state index contributed by atoms with van der Waals surface area (Å²) in [6, 6.07) is 8.49. The number of halogens is 1. The number of anilines is 2. The molecule has 0 atom stereocenters. The third-order valence-electron chi connectivity index (χ3n) is 7.89. The largest absolute Gasteiger partial charge is 0.393 e. The molecule has 0 bridgehead atoms. The highest BCUT2D eigenvalue weighted by Crippen LogP contribution is 2.35. The van der Waals surface area contributed by atoms with E-state index in [9.17, 15) is 19.5 Å². The number of aliphatic hydroxyl groups is 1. The second-order valence-corrected chi connectivity index (χ2v) is 11.3. The van der Waals surface area contributed by atoms with Gasteiger partial charge in [-0.05, 0) is 74.6 Å². The summed E-state index contributed by atoms with van der Waals surface area (Å²) in [6.45, 7) is 2.67. The van der Waals surface area contributed by atoms with E-state index in [1.165, 1.54) is 0 Å². The first kappa shape index (κ1) is 26.6. The highest BCUT2D eigenvalue weighted by atomic mass is 35.5. The van der Waals surface area contributed by atoms with Crippen LogP contribution in [0.4, 0.5) is 11.5 Å². The molecule has 2 aromatic rings. The Hall–Kier alpha value is -2.97. The van der Waals surface area contributed by atoms with Crippen LogP contribution in [0.1, 0.15) is 72.1 Å². The van der Waals surface area contributed by atoms with Crippen molar-refractivity contribution >= 4 is 40.7 Å². The van der Waals surface area contributed by atoms with Crippen LogP contribution >= 0.6 is 11.6 Å². The van der Waals surface area contributed by atoms with E-state index >= 15 is 0 Å². The molecule has 1 aromatic heterocycles. The quantitative estimate of drug-likeness (QED) is 0.478. The number of carbonyl (C=O) groups excluding carboxylic acids is 3. The standard InChI is InChI=1S/C29H35ClN4O4/c30-23-3-1-2-21(16-23)29(38)32-25-17-22(26(36)14-19-4-5-19)18-31-28(25)34-10-6-20(7-11-34)15-27(37)33-12-8-24(35)9-13-33/h1-3,16-20,24,35H,4-15H2,(H,32,38). The Labute approximate surface area is 228 Å². The number of nitrogens with zero attached hydrogens (tertiary/aromatic N) is 3. The van der Waals surface area contributed by atoms with Crippen LogP contribution in [-0.4, -0.2) is 64.9 Å². The monoisotopic (exact) mass is 538 g/mol. The van der Waals surface area contributed by atoms with Gasteiger partial charge in [0, 0.05) is 61.4 Å². The molecule has 3 aliphatic rings. The van der Waals surface area contributed by atoms with Gasteiger partial charge in [0.2, 0.25) is 5.91 Å². The van der Waals surface area contributed by atoms with Crippen molar-refractivity contribution in [2.75, 3.05) is 36.4 Å². The number of nitrogens with one attached hydrogen (secondary N) is 1. The fourth-order valence-electron chi connectivity index (χ4n) is 5.32. The zero-order valence-corrected chi connectivity index (χ0v) is 22.3. The van der Waals surface area contributed by atoms with Crippen molar-refractivity contribution < 1.29 is 19.5 Å². The van der Waals surface area contributed by atoms with Gasteiger partial charge in [0.15, 0.2) is 11.6 Å². The number of likely N-dealkylation sites (tertiary alicyclic amines) is 1. The Balaban J connectivity index is 1.27. The van der Waals surface area contributed by atoms with Gasteiger partial charge in [-0.2, -0.15) is 0 Å². The normalized spacial score (nSPS) is 18.9. The Morgan fingerprint density at radius 3 is 2.32 bits per heavy atom. The van der Waals surface area contributed by atoms with Crippen molar-refractivity contribution in [1.82, 2.24) is 9.88 Å². The Morgan fingerprint density at radius 1 is 0.921 bits per heavy atom. The van der Waals surface area contributed by atoms with E-state index in [0.29, 0.717) is 85.4 Å². The number of aliphatic hydroxyl groups excluding tert-OH is 1. The first-order valence-electron chi connectivity index (χ1n) is 13.7. The maximum atomic E-state index is 13.1. The van der Waals surface area contributed by atoms with Gasteiger partial charge >= 0.3 is 0 Å². The summed E-state index contributed by atoms with van der Waals surface area (Å²) < 4.78 is 0. The van der Waals surface area contributed by atoms with E-state index in [1.807, 2.05) is 4.90 Å². The van der Waals surface area contributed by atoms with Gasteiger partial charge in [0.05, 0.1) is 11.8 Å². The minimum atomic E-state index is -0.311. The third-order valence-corrected chi connectivity index (χ3v) is 8.12. The van der Waals surface area contributed by atoms with Crippen LogP contribution in [0, 0.1) is 11.8 Å². The maximum absolute atomic E-state index is 13.1. The van der Waals surface area contributed by atoms with Gasteiger partial charge in [0.1, 0.15) is 0 Å². The lowest BCUT2D eigenvalue weighted by molar-refractivity contribution is -0.134. The number of benzene rings is 1. The average Bonchev–Trinajstić information content (AvgIpc) is 3.73. The number of hydrogen-bond acceptors (Lipinski definition) is 6. The average molecular weight is 539 g/mol. The number of pyridine rings is 1. The van der Waals surface area contributed by atoms with Crippen molar-refractivity contribution in [2.24, 2.45) is 11.8 Å².